The minimum Gasteiger partial charge on any atom is -0.508 e. The van der Waals surface area contributed by atoms with E-state index in [1.54, 1.807) is 24.3 Å². The number of amides is 1. The Morgan fingerprint density at radius 3 is 2.07 bits per heavy atom. The Morgan fingerprint density at radius 1 is 1.00 bits per heavy atom. The van der Waals surface area contributed by atoms with Crippen LogP contribution in [0.2, 0.25) is 0 Å². The van der Waals surface area contributed by atoms with Crippen LogP contribution < -0.4 is 14.8 Å². The third-order valence-corrected chi connectivity index (χ3v) is 3.57. The molecule has 0 atom stereocenters. The van der Waals surface area contributed by atoms with Crippen LogP contribution in [0.3, 0.4) is 0 Å². The first-order valence-corrected chi connectivity index (χ1v) is 8.73. The van der Waals surface area contributed by atoms with Gasteiger partial charge in [-0.3, -0.25) is 5.32 Å². The lowest BCUT2D eigenvalue weighted by Gasteiger charge is -2.17. The summed E-state index contributed by atoms with van der Waals surface area (Å²) in [5.74, 6) is 0.755. The molecule has 0 spiro atoms. The van der Waals surface area contributed by atoms with E-state index in [4.69, 9.17) is 23.7 Å². The van der Waals surface area contributed by atoms with Crippen molar-refractivity contribution in [2.45, 2.75) is 13.3 Å². The first kappa shape index (κ1) is 21.3. The van der Waals surface area contributed by atoms with Gasteiger partial charge in [0.05, 0.1) is 12.2 Å². The van der Waals surface area contributed by atoms with Crippen molar-refractivity contribution in [1.29, 1.82) is 0 Å². The molecule has 8 nitrogen and oxygen atoms in total. The molecule has 0 fully saturated rings. The molecule has 1 amide bonds. The van der Waals surface area contributed by atoms with Crippen molar-refractivity contribution >= 4 is 11.8 Å². The number of aromatic hydroxyl groups is 1. The van der Waals surface area contributed by atoms with Crippen LogP contribution in [0, 0.1) is 0 Å². The Morgan fingerprint density at radius 2 is 1.57 bits per heavy atom. The lowest BCUT2D eigenvalue weighted by Crippen LogP contribution is -2.13. The Balaban J connectivity index is 2.31. The number of phenols is 1. The first-order valence-electron chi connectivity index (χ1n) is 8.73. The number of carbonyl (C=O) groups is 1. The summed E-state index contributed by atoms with van der Waals surface area (Å²) in [7, 11) is 3.01. The number of methoxy groups -OCH3 is 2. The van der Waals surface area contributed by atoms with Crippen molar-refractivity contribution in [3.63, 3.8) is 0 Å². The van der Waals surface area contributed by atoms with Crippen LogP contribution >= 0.6 is 0 Å². The van der Waals surface area contributed by atoms with Crippen LogP contribution in [0.4, 0.5) is 10.5 Å². The van der Waals surface area contributed by atoms with Crippen LogP contribution in [0.1, 0.15) is 13.3 Å². The highest BCUT2D eigenvalue weighted by atomic mass is 16.7. The number of nitrogens with one attached hydrogen (secondary N) is 1. The standard InChI is InChI=1S/C20H25NO7/c1-4-9-26-20(23)21-15-7-5-14(6-8-15)19-17(27-12-24-2)10-16(22)11-18(19)28-13-25-3/h5-8,10-11,22H,4,9,12-13H2,1-3H3,(H,21,23). The van der Waals surface area contributed by atoms with Gasteiger partial charge in [-0.05, 0) is 24.1 Å². The van der Waals surface area contributed by atoms with Gasteiger partial charge in [0.25, 0.3) is 0 Å². The quantitative estimate of drug-likeness (QED) is 0.591. The fourth-order valence-corrected chi connectivity index (χ4v) is 2.40. The van der Waals surface area contributed by atoms with Gasteiger partial charge >= 0.3 is 6.09 Å². The molecule has 152 valence electrons. The van der Waals surface area contributed by atoms with E-state index in [1.807, 2.05) is 6.92 Å². The second-order valence-electron chi connectivity index (χ2n) is 5.76. The van der Waals surface area contributed by atoms with Gasteiger partial charge in [-0.15, -0.1) is 0 Å². The number of hydrogen-bond acceptors (Lipinski definition) is 7. The Labute approximate surface area is 163 Å². The number of phenolic OH excluding ortho intramolecular Hbond substituents is 1. The van der Waals surface area contributed by atoms with Crippen LogP contribution in [-0.2, 0) is 14.2 Å². The lowest BCUT2D eigenvalue weighted by molar-refractivity contribution is 0.0466. The summed E-state index contributed by atoms with van der Waals surface area (Å²) < 4.78 is 26.1. The number of hydrogen-bond donors (Lipinski definition) is 2. The van der Waals surface area contributed by atoms with Crippen LogP contribution in [0.5, 0.6) is 17.2 Å². The molecule has 0 unspecified atom stereocenters. The minimum absolute atomic E-state index is 0.00306. The van der Waals surface area contributed by atoms with Gasteiger partial charge in [-0.2, -0.15) is 0 Å². The van der Waals surface area contributed by atoms with Gasteiger partial charge in [0.1, 0.15) is 17.2 Å². The van der Waals surface area contributed by atoms with Crippen molar-refractivity contribution in [3.05, 3.63) is 36.4 Å². The lowest BCUT2D eigenvalue weighted by atomic mass is 10.0. The van der Waals surface area contributed by atoms with E-state index in [1.165, 1.54) is 26.4 Å². The van der Waals surface area contributed by atoms with Gasteiger partial charge in [-0.1, -0.05) is 19.1 Å². The molecule has 0 aromatic heterocycles. The zero-order valence-corrected chi connectivity index (χ0v) is 16.2. The fourth-order valence-electron chi connectivity index (χ4n) is 2.40. The highest BCUT2D eigenvalue weighted by Gasteiger charge is 2.16. The molecule has 0 heterocycles. The van der Waals surface area contributed by atoms with E-state index < -0.39 is 6.09 Å². The summed E-state index contributed by atoms with van der Waals surface area (Å²) in [5, 5.41) is 12.6. The summed E-state index contributed by atoms with van der Waals surface area (Å²) in [5.41, 5.74) is 1.96. The molecule has 0 aliphatic rings. The number of carbonyl (C=O) groups excluding carboxylic acids is 1. The SMILES string of the molecule is CCCOC(=O)Nc1ccc(-c2c(OCOC)cc(O)cc2OCOC)cc1. The molecular formula is C20H25NO7. The molecule has 2 aromatic rings. The molecular weight excluding hydrogens is 366 g/mol. The minimum atomic E-state index is -0.507. The summed E-state index contributed by atoms with van der Waals surface area (Å²) >= 11 is 0. The third kappa shape index (κ3) is 6.04. The number of benzene rings is 2. The van der Waals surface area contributed by atoms with Gasteiger partial charge < -0.3 is 28.8 Å². The average Bonchev–Trinajstić information content (AvgIpc) is 2.69. The molecule has 0 aliphatic carbocycles. The molecule has 2 N–H and O–H groups in total. The Hall–Kier alpha value is -2.97. The van der Waals surface area contributed by atoms with Crippen LogP contribution in [0.25, 0.3) is 11.1 Å². The van der Waals surface area contributed by atoms with E-state index >= 15 is 0 Å². The van der Waals surface area contributed by atoms with Crippen molar-refractivity contribution in [2.75, 3.05) is 39.7 Å². The molecule has 28 heavy (non-hydrogen) atoms. The van der Waals surface area contributed by atoms with Gasteiger partial charge in [0.15, 0.2) is 13.6 Å². The van der Waals surface area contributed by atoms with Crippen LogP contribution in [0.15, 0.2) is 36.4 Å². The molecule has 2 rings (SSSR count). The van der Waals surface area contributed by atoms with Crippen molar-refractivity contribution < 1.29 is 33.6 Å². The zero-order valence-electron chi connectivity index (χ0n) is 16.2. The van der Waals surface area contributed by atoms with E-state index in [9.17, 15) is 9.90 Å². The first-order chi connectivity index (χ1) is 13.6. The zero-order chi connectivity index (χ0) is 20.4. The normalized spacial score (nSPS) is 10.4. The summed E-state index contributed by atoms with van der Waals surface area (Å²) in [6.07, 6.45) is 0.245. The van der Waals surface area contributed by atoms with Gasteiger partial charge in [0, 0.05) is 32.0 Å². The van der Waals surface area contributed by atoms with E-state index in [-0.39, 0.29) is 19.3 Å². The second kappa shape index (κ2) is 11.0. The topological polar surface area (TPSA) is 95.5 Å². The highest BCUT2D eigenvalue weighted by molar-refractivity contribution is 5.86. The smallest absolute Gasteiger partial charge is 0.411 e. The molecule has 0 saturated heterocycles. The van der Waals surface area contributed by atoms with Gasteiger partial charge in [-0.25, -0.2) is 4.79 Å². The predicted molar refractivity (Wildman–Crippen MR) is 104 cm³/mol. The molecule has 0 radical (unpaired) electrons. The van der Waals surface area contributed by atoms with E-state index in [0.717, 1.165) is 12.0 Å². The number of ether oxygens (including phenoxy) is 5. The van der Waals surface area contributed by atoms with Crippen molar-refractivity contribution in [3.8, 4) is 28.4 Å². The maximum absolute atomic E-state index is 11.7. The van der Waals surface area contributed by atoms with E-state index in [0.29, 0.717) is 29.4 Å². The Bertz CT molecular complexity index is 733. The number of anilines is 1. The van der Waals surface area contributed by atoms with Crippen molar-refractivity contribution in [2.24, 2.45) is 0 Å². The highest BCUT2D eigenvalue weighted by Crippen LogP contribution is 2.42. The fraction of sp³-hybridized carbons (Fsp3) is 0.350. The second-order valence-corrected chi connectivity index (χ2v) is 5.76. The van der Waals surface area contributed by atoms with Crippen molar-refractivity contribution in [1.82, 2.24) is 0 Å². The Kier molecular flexibility index (Phi) is 8.38. The summed E-state index contributed by atoms with van der Waals surface area (Å²) in [4.78, 5) is 11.7. The summed E-state index contributed by atoms with van der Waals surface area (Å²) in [6, 6.07) is 10.00. The molecule has 8 heteroatoms. The molecule has 0 aliphatic heterocycles. The largest absolute Gasteiger partial charge is 0.508 e. The monoisotopic (exact) mass is 391 g/mol. The predicted octanol–water partition coefficient (Wildman–Crippen LogP) is 3.98. The molecule has 2 aromatic carbocycles. The maximum Gasteiger partial charge on any atom is 0.411 e. The van der Waals surface area contributed by atoms with Crippen LogP contribution in [-0.4, -0.2) is 45.6 Å². The average molecular weight is 391 g/mol. The van der Waals surface area contributed by atoms with E-state index in [2.05, 4.69) is 5.32 Å². The number of rotatable bonds is 10. The molecule has 0 saturated carbocycles. The maximum atomic E-state index is 11.7. The third-order valence-electron chi connectivity index (χ3n) is 3.57. The summed E-state index contributed by atoms with van der Waals surface area (Å²) in [6.45, 7) is 2.29. The van der Waals surface area contributed by atoms with Gasteiger partial charge in [0.2, 0.25) is 0 Å². The molecule has 0 bridgehead atoms.